The number of rotatable bonds is 1. The zero-order valence-corrected chi connectivity index (χ0v) is 12.3. The molecule has 3 rings (SSSR count). The Bertz CT molecular complexity index is 619. The molecule has 100 valence electrons. The Morgan fingerprint density at radius 3 is 2.32 bits per heavy atom. The molecule has 0 aliphatic carbocycles. The van der Waals surface area contributed by atoms with Crippen molar-refractivity contribution in [2.45, 2.75) is 38.9 Å². The number of hydrogen-bond acceptors (Lipinski definition) is 3. The summed E-state index contributed by atoms with van der Waals surface area (Å²) < 4.78 is 26.7. The first-order chi connectivity index (χ1) is 8.82. The smallest absolute Gasteiger partial charge is 0.399 e. The van der Waals surface area contributed by atoms with Gasteiger partial charge in [0.05, 0.1) is 11.2 Å². The van der Waals surface area contributed by atoms with Crippen LogP contribution in [0.1, 0.15) is 27.7 Å². The summed E-state index contributed by atoms with van der Waals surface area (Å²) in [7, 11) is -0.438. The van der Waals surface area contributed by atoms with Gasteiger partial charge >= 0.3 is 7.12 Å². The molecular formula is C14H16BFO2S. The molecule has 0 N–H and O–H groups in total. The highest BCUT2D eigenvalue weighted by atomic mass is 32.1. The number of fused-ring (bicyclic) bond motifs is 1. The summed E-state index contributed by atoms with van der Waals surface area (Å²) in [5.41, 5.74) is 0.149. The third-order valence-electron chi connectivity index (χ3n) is 4.10. The average Bonchev–Trinajstić information content (AvgIpc) is 2.84. The van der Waals surface area contributed by atoms with Crippen LogP contribution in [0.3, 0.4) is 0 Å². The Balaban J connectivity index is 2.08. The van der Waals surface area contributed by atoms with Gasteiger partial charge in [-0.1, -0.05) is 6.07 Å². The van der Waals surface area contributed by atoms with Crippen LogP contribution in [0.4, 0.5) is 4.39 Å². The van der Waals surface area contributed by atoms with Crippen LogP contribution < -0.4 is 5.46 Å². The van der Waals surface area contributed by atoms with Crippen LogP contribution in [0.2, 0.25) is 0 Å². The summed E-state index contributed by atoms with van der Waals surface area (Å²) in [5, 5.41) is 2.53. The molecule has 19 heavy (non-hydrogen) atoms. The van der Waals surface area contributed by atoms with E-state index in [0.29, 0.717) is 5.39 Å². The summed E-state index contributed by atoms with van der Waals surface area (Å²) in [5.74, 6) is -0.198. The van der Waals surface area contributed by atoms with Crippen LogP contribution >= 0.6 is 11.3 Å². The van der Waals surface area contributed by atoms with E-state index in [2.05, 4.69) is 0 Å². The molecule has 2 heterocycles. The molecule has 0 amide bonds. The van der Waals surface area contributed by atoms with E-state index in [0.717, 1.165) is 10.2 Å². The van der Waals surface area contributed by atoms with Crippen molar-refractivity contribution in [3.63, 3.8) is 0 Å². The van der Waals surface area contributed by atoms with Gasteiger partial charge in [0.2, 0.25) is 0 Å². The number of thiophene rings is 1. The molecule has 0 radical (unpaired) electrons. The van der Waals surface area contributed by atoms with Crippen molar-refractivity contribution < 1.29 is 13.7 Å². The SMILES string of the molecule is CC1(C)OB(c2ccc(F)c3ccsc23)OC1(C)C. The zero-order chi connectivity index (χ0) is 13.8. The lowest BCUT2D eigenvalue weighted by Crippen LogP contribution is -2.41. The minimum absolute atomic E-state index is 0.198. The molecular weight excluding hydrogens is 262 g/mol. The zero-order valence-electron chi connectivity index (χ0n) is 11.5. The van der Waals surface area contributed by atoms with Crippen LogP contribution in [-0.4, -0.2) is 18.3 Å². The molecule has 1 aromatic heterocycles. The van der Waals surface area contributed by atoms with E-state index in [1.165, 1.54) is 17.4 Å². The third-order valence-corrected chi connectivity index (χ3v) is 5.06. The van der Waals surface area contributed by atoms with Gasteiger partial charge in [-0.25, -0.2) is 4.39 Å². The van der Waals surface area contributed by atoms with Crippen molar-refractivity contribution in [1.82, 2.24) is 0 Å². The quantitative estimate of drug-likeness (QED) is 0.745. The van der Waals surface area contributed by atoms with Gasteiger partial charge in [0.15, 0.2) is 0 Å². The second-order valence-corrected chi connectivity index (χ2v) is 6.80. The molecule has 1 saturated heterocycles. The highest BCUT2D eigenvalue weighted by molar-refractivity contribution is 7.18. The molecule has 1 fully saturated rings. The molecule has 0 saturated carbocycles. The molecule has 2 nitrogen and oxygen atoms in total. The van der Waals surface area contributed by atoms with Crippen LogP contribution in [-0.2, 0) is 9.31 Å². The lowest BCUT2D eigenvalue weighted by atomic mass is 9.78. The number of hydrogen-bond donors (Lipinski definition) is 0. The fraction of sp³-hybridized carbons (Fsp3) is 0.429. The normalized spacial score (nSPS) is 21.2. The van der Waals surface area contributed by atoms with Gasteiger partial charge in [0, 0.05) is 15.5 Å². The van der Waals surface area contributed by atoms with Crippen LogP contribution in [0.15, 0.2) is 23.6 Å². The number of halogens is 1. The maximum Gasteiger partial charge on any atom is 0.496 e. The summed E-state index contributed by atoms with van der Waals surface area (Å²) in [6.07, 6.45) is 0. The molecule has 0 unspecified atom stereocenters. The summed E-state index contributed by atoms with van der Waals surface area (Å²) in [6.45, 7) is 8.06. The second kappa shape index (κ2) is 4.04. The van der Waals surface area contributed by atoms with E-state index < -0.39 is 7.12 Å². The van der Waals surface area contributed by atoms with Gasteiger partial charge in [0.1, 0.15) is 5.82 Å². The third kappa shape index (κ3) is 1.92. The topological polar surface area (TPSA) is 18.5 Å². The fourth-order valence-electron chi connectivity index (χ4n) is 2.20. The second-order valence-electron chi connectivity index (χ2n) is 5.89. The Hall–Kier alpha value is -0.905. The van der Waals surface area contributed by atoms with Gasteiger partial charge in [-0.05, 0) is 45.2 Å². The van der Waals surface area contributed by atoms with Crippen molar-refractivity contribution in [3.8, 4) is 0 Å². The fourth-order valence-corrected chi connectivity index (χ4v) is 3.14. The van der Waals surface area contributed by atoms with Crippen molar-refractivity contribution in [1.29, 1.82) is 0 Å². The molecule has 1 aliphatic heterocycles. The van der Waals surface area contributed by atoms with Gasteiger partial charge in [-0.15, -0.1) is 11.3 Å². The molecule has 2 aromatic rings. The van der Waals surface area contributed by atoms with Gasteiger partial charge in [0.25, 0.3) is 0 Å². The maximum absolute atomic E-state index is 13.7. The lowest BCUT2D eigenvalue weighted by molar-refractivity contribution is 0.00578. The highest BCUT2D eigenvalue weighted by Gasteiger charge is 2.52. The van der Waals surface area contributed by atoms with Crippen molar-refractivity contribution >= 4 is 34.0 Å². The first-order valence-electron chi connectivity index (χ1n) is 6.33. The molecule has 1 aliphatic rings. The standard InChI is InChI=1S/C14H16BFO2S/c1-13(2)14(3,4)18-15(17-13)10-5-6-11(16)9-7-8-19-12(9)10/h5-8H,1-4H3. The Labute approximate surface area is 116 Å². The Kier molecular flexibility index (Phi) is 2.79. The minimum Gasteiger partial charge on any atom is -0.399 e. The summed E-state index contributed by atoms with van der Waals surface area (Å²) in [4.78, 5) is 0. The molecule has 0 bridgehead atoms. The van der Waals surface area contributed by atoms with E-state index in [-0.39, 0.29) is 17.0 Å². The lowest BCUT2D eigenvalue weighted by Gasteiger charge is -2.32. The van der Waals surface area contributed by atoms with E-state index in [1.54, 1.807) is 12.1 Å². The molecule has 0 spiro atoms. The van der Waals surface area contributed by atoms with Crippen LogP contribution in [0.25, 0.3) is 10.1 Å². The highest BCUT2D eigenvalue weighted by Crippen LogP contribution is 2.37. The van der Waals surface area contributed by atoms with Gasteiger partial charge in [-0.2, -0.15) is 0 Å². The maximum atomic E-state index is 13.7. The first kappa shape index (κ1) is 13.1. The van der Waals surface area contributed by atoms with Gasteiger partial charge in [-0.3, -0.25) is 0 Å². The van der Waals surface area contributed by atoms with E-state index in [9.17, 15) is 4.39 Å². The van der Waals surface area contributed by atoms with E-state index >= 15 is 0 Å². The average molecular weight is 278 g/mol. The van der Waals surface area contributed by atoms with Crippen LogP contribution in [0, 0.1) is 5.82 Å². The summed E-state index contributed by atoms with van der Waals surface area (Å²) >= 11 is 1.52. The molecule has 5 heteroatoms. The first-order valence-corrected chi connectivity index (χ1v) is 7.21. The van der Waals surface area contributed by atoms with E-state index in [1.807, 2.05) is 33.1 Å². The number of benzene rings is 1. The predicted molar refractivity (Wildman–Crippen MR) is 77.5 cm³/mol. The Morgan fingerprint density at radius 1 is 1.05 bits per heavy atom. The Morgan fingerprint density at radius 2 is 1.68 bits per heavy atom. The van der Waals surface area contributed by atoms with Gasteiger partial charge < -0.3 is 9.31 Å². The van der Waals surface area contributed by atoms with Crippen molar-refractivity contribution in [2.24, 2.45) is 0 Å². The van der Waals surface area contributed by atoms with E-state index in [4.69, 9.17) is 9.31 Å². The predicted octanol–water partition coefficient (Wildman–Crippen LogP) is 3.34. The minimum atomic E-state index is -0.438. The van der Waals surface area contributed by atoms with Crippen molar-refractivity contribution in [3.05, 3.63) is 29.4 Å². The largest absolute Gasteiger partial charge is 0.496 e. The molecule has 1 aromatic carbocycles. The monoisotopic (exact) mass is 278 g/mol. The van der Waals surface area contributed by atoms with Crippen molar-refractivity contribution in [2.75, 3.05) is 0 Å². The summed E-state index contributed by atoms with van der Waals surface area (Å²) in [6, 6.07) is 5.04. The molecule has 0 atom stereocenters. The van der Waals surface area contributed by atoms with Crippen LogP contribution in [0.5, 0.6) is 0 Å².